The molecule has 5 heteroatoms. The van der Waals surface area contributed by atoms with Gasteiger partial charge in [0.25, 0.3) is 0 Å². The topological polar surface area (TPSA) is 69.6 Å². The van der Waals surface area contributed by atoms with Crippen LogP contribution in [0.5, 0.6) is 0 Å². The maximum atomic E-state index is 5.85. The molecule has 2 atom stereocenters. The van der Waals surface area contributed by atoms with Gasteiger partial charge in [0.2, 0.25) is 0 Å². The summed E-state index contributed by atoms with van der Waals surface area (Å²) in [5, 5.41) is 12.1. The van der Waals surface area contributed by atoms with E-state index in [2.05, 4.69) is 29.4 Å². The van der Waals surface area contributed by atoms with Crippen molar-refractivity contribution in [2.24, 2.45) is 5.92 Å². The number of tetrazole rings is 1. The molecule has 5 nitrogen and oxygen atoms in total. The van der Waals surface area contributed by atoms with Crippen LogP contribution in [0.25, 0.3) is 11.4 Å². The Morgan fingerprint density at radius 1 is 1.44 bits per heavy atom. The molecule has 1 aromatic carbocycles. The lowest BCUT2D eigenvalue weighted by molar-refractivity contribution is 0.563. The summed E-state index contributed by atoms with van der Waals surface area (Å²) in [6, 6.07) is 6.31. The van der Waals surface area contributed by atoms with Gasteiger partial charge in [0, 0.05) is 11.3 Å². The molecule has 1 saturated carbocycles. The van der Waals surface area contributed by atoms with Crippen LogP contribution in [0, 0.1) is 12.8 Å². The molecule has 0 radical (unpaired) electrons. The Morgan fingerprint density at radius 2 is 2.28 bits per heavy atom. The van der Waals surface area contributed by atoms with E-state index in [1.807, 2.05) is 22.9 Å². The van der Waals surface area contributed by atoms with E-state index in [0.29, 0.717) is 12.0 Å². The number of aryl methyl sites for hydroxylation is 1. The monoisotopic (exact) mass is 243 g/mol. The van der Waals surface area contributed by atoms with Crippen molar-refractivity contribution in [2.75, 3.05) is 5.73 Å². The second-order valence-electron chi connectivity index (χ2n) is 4.99. The molecule has 0 spiro atoms. The Bertz CT molecular complexity index is 575. The summed E-state index contributed by atoms with van der Waals surface area (Å²) in [4.78, 5) is 0. The fourth-order valence-corrected chi connectivity index (χ4v) is 2.44. The molecular weight excluding hydrogens is 226 g/mol. The number of nitrogen functional groups attached to an aromatic ring is 1. The largest absolute Gasteiger partial charge is 0.399 e. The first-order valence-corrected chi connectivity index (χ1v) is 6.35. The van der Waals surface area contributed by atoms with Gasteiger partial charge in [-0.1, -0.05) is 19.4 Å². The van der Waals surface area contributed by atoms with Crippen molar-refractivity contribution in [2.45, 2.75) is 32.7 Å². The number of hydrogen-bond acceptors (Lipinski definition) is 4. The van der Waals surface area contributed by atoms with E-state index in [1.54, 1.807) is 0 Å². The first-order chi connectivity index (χ1) is 8.70. The van der Waals surface area contributed by atoms with Gasteiger partial charge >= 0.3 is 0 Å². The van der Waals surface area contributed by atoms with Crippen LogP contribution in [0.1, 0.15) is 31.4 Å². The van der Waals surface area contributed by atoms with Crippen molar-refractivity contribution < 1.29 is 0 Å². The van der Waals surface area contributed by atoms with Crippen LogP contribution in [0.2, 0.25) is 0 Å². The fraction of sp³-hybridized carbons (Fsp3) is 0.462. The minimum Gasteiger partial charge on any atom is -0.399 e. The normalized spacial score (nSPS) is 22.1. The van der Waals surface area contributed by atoms with Crippen molar-refractivity contribution in [3.05, 3.63) is 23.8 Å². The molecule has 2 unspecified atom stereocenters. The fourth-order valence-electron chi connectivity index (χ4n) is 2.44. The standard InChI is InChI=1S/C13H17N5/c1-3-9-6-12(9)18-13(15-16-17-18)11-7-10(14)5-4-8(11)2/h4-5,7,9,12H,3,6,14H2,1-2H3. The first-order valence-electron chi connectivity index (χ1n) is 6.35. The van der Waals surface area contributed by atoms with Crippen molar-refractivity contribution >= 4 is 5.69 Å². The van der Waals surface area contributed by atoms with Gasteiger partial charge in [0.05, 0.1) is 6.04 Å². The maximum Gasteiger partial charge on any atom is 0.182 e. The summed E-state index contributed by atoms with van der Waals surface area (Å²) in [5.41, 5.74) is 8.77. The molecule has 94 valence electrons. The molecule has 1 aromatic heterocycles. The molecule has 0 aliphatic heterocycles. The molecule has 0 amide bonds. The number of nitrogens with two attached hydrogens (primary N) is 1. The third kappa shape index (κ3) is 1.75. The number of rotatable bonds is 3. The Balaban J connectivity index is 2.02. The van der Waals surface area contributed by atoms with Gasteiger partial charge in [0.15, 0.2) is 5.82 Å². The molecule has 2 N–H and O–H groups in total. The second-order valence-corrected chi connectivity index (χ2v) is 4.99. The number of nitrogens with zero attached hydrogens (tertiary/aromatic N) is 4. The van der Waals surface area contributed by atoms with Crippen LogP contribution < -0.4 is 5.73 Å². The molecule has 1 fully saturated rings. The smallest absolute Gasteiger partial charge is 0.182 e. The van der Waals surface area contributed by atoms with Crippen LogP contribution in [0.4, 0.5) is 5.69 Å². The van der Waals surface area contributed by atoms with Crippen LogP contribution in [0.3, 0.4) is 0 Å². The zero-order chi connectivity index (χ0) is 12.7. The minimum absolute atomic E-state index is 0.459. The number of benzene rings is 1. The Kier molecular flexibility index (Phi) is 2.54. The van der Waals surface area contributed by atoms with E-state index in [1.165, 1.54) is 12.8 Å². The quantitative estimate of drug-likeness (QED) is 0.839. The lowest BCUT2D eigenvalue weighted by atomic mass is 10.1. The molecule has 1 heterocycles. The van der Waals surface area contributed by atoms with Crippen LogP contribution in [-0.4, -0.2) is 20.2 Å². The number of aromatic nitrogens is 4. The molecule has 0 saturated heterocycles. The van der Waals surface area contributed by atoms with E-state index in [4.69, 9.17) is 5.73 Å². The highest BCUT2D eigenvalue weighted by atomic mass is 15.6. The Morgan fingerprint density at radius 3 is 3.00 bits per heavy atom. The van der Waals surface area contributed by atoms with Crippen molar-refractivity contribution in [3.8, 4) is 11.4 Å². The lowest BCUT2D eigenvalue weighted by Gasteiger charge is -2.07. The third-order valence-corrected chi connectivity index (χ3v) is 3.72. The second kappa shape index (κ2) is 4.08. The van der Waals surface area contributed by atoms with E-state index in [9.17, 15) is 0 Å². The highest BCUT2D eigenvalue weighted by molar-refractivity contribution is 5.65. The van der Waals surface area contributed by atoms with Crippen molar-refractivity contribution in [1.29, 1.82) is 0 Å². The third-order valence-electron chi connectivity index (χ3n) is 3.72. The molecule has 1 aliphatic rings. The highest BCUT2D eigenvalue weighted by Crippen LogP contribution is 2.46. The van der Waals surface area contributed by atoms with E-state index < -0.39 is 0 Å². The SMILES string of the molecule is CCC1CC1n1nnnc1-c1cc(N)ccc1C. The maximum absolute atomic E-state index is 5.85. The van der Waals surface area contributed by atoms with Gasteiger partial charge in [-0.25, -0.2) is 4.68 Å². The van der Waals surface area contributed by atoms with E-state index in [-0.39, 0.29) is 0 Å². The van der Waals surface area contributed by atoms with Crippen molar-refractivity contribution in [1.82, 2.24) is 20.2 Å². The van der Waals surface area contributed by atoms with E-state index >= 15 is 0 Å². The van der Waals surface area contributed by atoms with E-state index in [0.717, 1.165) is 22.6 Å². The first kappa shape index (κ1) is 11.2. The van der Waals surface area contributed by atoms with Crippen LogP contribution in [-0.2, 0) is 0 Å². The van der Waals surface area contributed by atoms with Crippen LogP contribution in [0.15, 0.2) is 18.2 Å². The average molecular weight is 243 g/mol. The molecule has 1 aliphatic carbocycles. The summed E-state index contributed by atoms with van der Waals surface area (Å²) >= 11 is 0. The zero-order valence-corrected chi connectivity index (χ0v) is 10.7. The highest BCUT2D eigenvalue weighted by Gasteiger charge is 2.39. The molecule has 3 rings (SSSR count). The molecular formula is C13H17N5. The number of anilines is 1. The van der Waals surface area contributed by atoms with Gasteiger partial charge in [-0.2, -0.15) is 0 Å². The molecule has 18 heavy (non-hydrogen) atoms. The Labute approximate surface area is 106 Å². The predicted molar refractivity (Wildman–Crippen MR) is 69.8 cm³/mol. The van der Waals surface area contributed by atoms with Crippen LogP contribution >= 0.6 is 0 Å². The van der Waals surface area contributed by atoms with Gasteiger partial charge in [0.1, 0.15) is 0 Å². The lowest BCUT2D eigenvalue weighted by Crippen LogP contribution is -2.03. The van der Waals surface area contributed by atoms with Gasteiger partial charge in [-0.05, 0) is 47.4 Å². The zero-order valence-electron chi connectivity index (χ0n) is 10.7. The molecule has 0 bridgehead atoms. The Hall–Kier alpha value is -1.91. The van der Waals surface area contributed by atoms with Gasteiger partial charge < -0.3 is 5.73 Å². The van der Waals surface area contributed by atoms with Crippen molar-refractivity contribution in [3.63, 3.8) is 0 Å². The average Bonchev–Trinajstić information content (AvgIpc) is 3.00. The molecule has 2 aromatic rings. The number of hydrogen-bond donors (Lipinski definition) is 1. The van der Waals surface area contributed by atoms with Gasteiger partial charge in [-0.15, -0.1) is 5.10 Å². The summed E-state index contributed by atoms with van der Waals surface area (Å²) in [6.45, 7) is 4.26. The summed E-state index contributed by atoms with van der Waals surface area (Å²) in [6.07, 6.45) is 2.36. The minimum atomic E-state index is 0.459. The summed E-state index contributed by atoms with van der Waals surface area (Å²) in [7, 11) is 0. The van der Waals surface area contributed by atoms with Gasteiger partial charge in [-0.3, -0.25) is 0 Å². The summed E-state index contributed by atoms with van der Waals surface area (Å²) in [5.74, 6) is 1.55. The summed E-state index contributed by atoms with van der Waals surface area (Å²) < 4.78 is 1.95. The predicted octanol–water partition coefficient (Wildman–Crippen LogP) is 2.20.